The highest BCUT2D eigenvalue weighted by atomic mass is 32.2. The van der Waals surface area contributed by atoms with Crippen molar-refractivity contribution >= 4 is 21.7 Å². The van der Waals surface area contributed by atoms with Crippen molar-refractivity contribution in [1.29, 1.82) is 0 Å². The Morgan fingerprint density at radius 3 is 2.63 bits per heavy atom. The fourth-order valence-corrected chi connectivity index (χ4v) is 5.05. The van der Waals surface area contributed by atoms with Crippen LogP contribution in [0.4, 0.5) is 13.2 Å². The van der Waals surface area contributed by atoms with Crippen molar-refractivity contribution in [1.82, 2.24) is 20.8 Å². The molecule has 1 aliphatic rings. The SMILES string of the molecule is Cc1[nH]c(-c2cccc(C(F)(F)F)c2)nc1C(=O)NNC(=O)C[C@H]1CCS(=O)(=O)C1. The summed E-state index contributed by atoms with van der Waals surface area (Å²) >= 11 is 0. The maximum absolute atomic E-state index is 12.9. The lowest BCUT2D eigenvalue weighted by Crippen LogP contribution is -2.42. The van der Waals surface area contributed by atoms with E-state index in [1.807, 2.05) is 0 Å². The van der Waals surface area contributed by atoms with E-state index < -0.39 is 33.4 Å². The zero-order chi connectivity index (χ0) is 22.1. The quantitative estimate of drug-likeness (QED) is 0.623. The minimum atomic E-state index is -4.51. The molecule has 1 fully saturated rings. The van der Waals surface area contributed by atoms with Crippen molar-refractivity contribution in [2.45, 2.75) is 25.9 Å². The number of aromatic nitrogens is 2. The van der Waals surface area contributed by atoms with Crippen molar-refractivity contribution in [3.63, 3.8) is 0 Å². The Morgan fingerprint density at radius 2 is 2.00 bits per heavy atom. The molecule has 0 radical (unpaired) electrons. The van der Waals surface area contributed by atoms with Crippen LogP contribution in [0.1, 0.15) is 34.6 Å². The van der Waals surface area contributed by atoms with Crippen LogP contribution in [0.5, 0.6) is 0 Å². The number of hydrogen-bond acceptors (Lipinski definition) is 5. The summed E-state index contributed by atoms with van der Waals surface area (Å²) in [6, 6.07) is 4.50. The highest BCUT2D eigenvalue weighted by Crippen LogP contribution is 2.31. The average molecular weight is 444 g/mol. The number of hydrazine groups is 1. The molecule has 8 nitrogen and oxygen atoms in total. The molecule has 1 atom stereocenters. The van der Waals surface area contributed by atoms with E-state index in [4.69, 9.17) is 0 Å². The van der Waals surface area contributed by atoms with Gasteiger partial charge in [0.05, 0.1) is 17.1 Å². The van der Waals surface area contributed by atoms with Crippen LogP contribution in [-0.4, -0.2) is 41.7 Å². The third-order valence-corrected chi connectivity index (χ3v) is 6.52. The number of H-pyrrole nitrogens is 1. The second-order valence-corrected chi connectivity index (χ2v) is 9.34. The molecule has 0 bridgehead atoms. The third-order valence-electron chi connectivity index (χ3n) is 4.68. The van der Waals surface area contributed by atoms with E-state index in [2.05, 4.69) is 20.8 Å². The van der Waals surface area contributed by atoms with Gasteiger partial charge in [0.25, 0.3) is 5.91 Å². The summed E-state index contributed by atoms with van der Waals surface area (Å²) in [5.41, 5.74) is 3.90. The van der Waals surface area contributed by atoms with Gasteiger partial charge in [0, 0.05) is 17.7 Å². The van der Waals surface area contributed by atoms with Crippen molar-refractivity contribution in [2.75, 3.05) is 11.5 Å². The van der Waals surface area contributed by atoms with Crippen LogP contribution in [-0.2, 0) is 20.8 Å². The molecule has 1 aromatic carbocycles. The fraction of sp³-hybridized carbons (Fsp3) is 0.389. The lowest BCUT2D eigenvalue weighted by atomic mass is 10.1. The predicted molar refractivity (Wildman–Crippen MR) is 101 cm³/mol. The Labute approximate surface area is 170 Å². The summed E-state index contributed by atoms with van der Waals surface area (Å²) < 4.78 is 61.5. The summed E-state index contributed by atoms with van der Waals surface area (Å²) in [5, 5.41) is 0. The number of halogens is 3. The lowest BCUT2D eigenvalue weighted by molar-refractivity contribution is -0.137. The molecule has 1 aromatic heterocycles. The van der Waals surface area contributed by atoms with Gasteiger partial charge in [0.1, 0.15) is 5.82 Å². The average Bonchev–Trinajstić information content (AvgIpc) is 3.21. The second kappa shape index (κ2) is 8.09. The first-order valence-corrected chi connectivity index (χ1v) is 10.8. The normalized spacial score (nSPS) is 18.2. The van der Waals surface area contributed by atoms with Crippen LogP contribution in [0.25, 0.3) is 11.4 Å². The van der Waals surface area contributed by atoms with Crippen LogP contribution in [0, 0.1) is 12.8 Å². The van der Waals surface area contributed by atoms with Gasteiger partial charge in [-0.2, -0.15) is 13.2 Å². The summed E-state index contributed by atoms with van der Waals surface area (Å²) in [6.45, 7) is 1.52. The number of benzene rings is 1. The van der Waals surface area contributed by atoms with E-state index in [0.717, 1.165) is 12.1 Å². The minimum absolute atomic E-state index is 0.0437. The molecular weight excluding hydrogens is 425 g/mol. The molecular formula is C18H19F3N4O4S. The summed E-state index contributed by atoms with van der Waals surface area (Å²) in [6.07, 6.45) is -4.17. The number of imidazole rings is 1. The largest absolute Gasteiger partial charge is 0.416 e. The molecule has 3 N–H and O–H groups in total. The van der Waals surface area contributed by atoms with Gasteiger partial charge in [0.2, 0.25) is 5.91 Å². The van der Waals surface area contributed by atoms with Crippen molar-refractivity contribution < 1.29 is 31.2 Å². The van der Waals surface area contributed by atoms with Crippen molar-refractivity contribution in [2.24, 2.45) is 5.92 Å². The summed E-state index contributed by atoms with van der Waals surface area (Å²) in [5.74, 6) is -1.54. The van der Waals surface area contributed by atoms with Gasteiger partial charge in [-0.3, -0.25) is 20.4 Å². The standard InChI is InChI=1S/C18H19F3N4O4S/c1-10-15(17(27)25-24-14(26)7-11-5-6-30(28,29)9-11)23-16(22-10)12-3-2-4-13(8-12)18(19,20)21/h2-4,8,11H,5-7,9H2,1H3,(H,22,23)(H,24,26)(H,25,27)/t11-/m1/s1. The molecule has 12 heteroatoms. The van der Waals surface area contributed by atoms with E-state index >= 15 is 0 Å². The number of nitrogens with one attached hydrogen (secondary N) is 3. The topological polar surface area (TPSA) is 121 Å². The van der Waals surface area contributed by atoms with E-state index in [1.54, 1.807) is 0 Å². The summed E-state index contributed by atoms with van der Waals surface area (Å²) in [7, 11) is -3.11. The van der Waals surface area contributed by atoms with Crippen LogP contribution in [0.3, 0.4) is 0 Å². The molecule has 1 aliphatic heterocycles. The van der Waals surface area contributed by atoms with E-state index in [-0.39, 0.29) is 40.9 Å². The number of sulfone groups is 1. The molecule has 0 unspecified atom stereocenters. The molecule has 3 rings (SSSR count). The summed E-state index contributed by atoms with van der Waals surface area (Å²) in [4.78, 5) is 31.0. The number of hydrogen-bond donors (Lipinski definition) is 3. The molecule has 162 valence electrons. The number of rotatable bonds is 4. The molecule has 30 heavy (non-hydrogen) atoms. The molecule has 0 spiro atoms. The highest BCUT2D eigenvalue weighted by molar-refractivity contribution is 7.91. The first-order valence-electron chi connectivity index (χ1n) is 8.98. The maximum Gasteiger partial charge on any atom is 0.416 e. The number of carbonyl (C=O) groups excluding carboxylic acids is 2. The molecule has 0 saturated carbocycles. The Morgan fingerprint density at radius 1 is 1.27 bits per heavy atom. The monoisotopic (exact) mass is 444 g/mol. The van der Waals surface area contributed by atoms with Crippen LogP contribution in [0.2, 0.25) is 0 Å². The van der Waals surface area contributed by atoms with Crippen LogP contribution < -0.4 is 10.9 Å². The van der Waals surface area contributed by atoms with Gasteiger partial charge in [0.15, 0.2) is 15.5 Å². The number of alkyl halides is 3. The van der Waals surface area contributed by atoms with Crippen molar-refractivity contribution in [3.8, 4) is 11.4 Å². The zero-order valence-electron chi connectivity index (χ0n) is 15.8. The third kappa shape index (κ3) is 5.17. The molecule has 2 amide bonds. The smallest absolute Gasteiger partial charge is 0.341 e. The number of aryl methyl sites for hydroxylation is 1. The first-order chi connectivity index (χ1) is 13.9. The fourth-order valence-electron chi connectivity index (χ4n) is 3.19. The number of amides is 2. The Bertz CT molecular complexity index is 1080. The molecule has 2 aromatic rings. The Balaban J connectivity index is 1.64. The molecule has 2 heterocycles. The van der Waals surface area contributed by atoms with Gasteiger partial charge < -0.3 is 4.98 Å². The number of nitrogens with zero attached hydrogens (tertiary/aromatic N) is 1. The van der Waals surface area contributed by atoms with Gasteiger partial charge >= 0.3 is 6.18 Å². The van der Waals surface area contributed by atoms with Crippen molar-refractivity contribution in [3.05, 3.63) is 41.2 Å². The first kappa shape index (κ1) is 21.8. The number of aromatic amines is 1. The highest BCUT2D eigenvalue weighted by Gasteiger charge is 2.31. The Kier molecular flexibility index (Phi) is 5.88. The van der Waals surface area contributed by atoms with Gasteiger partial charge in [-0.05, 0) is 31.4 Å². The van der Waals surface area contributed by atoms with Crippen LogP contribution in [0.15, 0.2) is 24.3 Å². The zero-order valence-corrected chi connectivity index (χ0v) is 16.7. The van der Waals surface area contributed by atoms with Gasteiger partial charge in [-0.25, -0.2) is 13.4 Å². The van der Waals surface area contributed by atoms with E-state index in [9.17, 15) is 31.2 Å². The molecule has 0 aliphatic carbocycles. The van der Waals surface area contributed by atoms with Crippen LogP contribution >= 0.6 is 0 Å². The van der Waals surface area contributed by atoms with Gasteiger partial charge in [-0.1, -0.05) is 12.1 Å². The predicted octanol–water partition coefficient (Wildman–Crippen LogP) is 1.99. The maximum atomic E-state index is 12.9. The minimum Gasteiger partial charge on any atom is -0.341 e. The van der Waals surface area contributed by atoms with Gasteiger partial charge in [-0.15, -0.1) is 0 Å². The van der Waals surface area contributed by atoms with E-state index in [1.165, 1.54) is 19.1 Å². The Hall–Kier alpha value is -2.89. The molecule has 1 saturated heterocycles. The lowest BCUT2D eigenvalue weighted by Gasteiger charge is -2.09. The second-order valence-electron chi connectivity index (χ2n) is 7.11. The number of carbonyl (C=O) groups is 2. The van der Waals surface area contributed by atoms with E-state index in [0.29, 0.717) is 12.1 Å².